The van der Waals surface area contributed by atoms with E-state index in [2.05, 4.69) is 106 Å². The smallest absolute Gasteiger partial charge is 0.238 e. The molecule has 0 aliphatic heterocycles. The zero-order valence-electron chi connectivity index (χ0n) is 30.5. The third-order valence-electron chi connectivity index (χ3n) is 10.4. The fraction of sp³-hybridized carbons (Fsp3) is 0.0408. The molecule has 0 saturated heterocycles. The average Bonchev–Trinajstić information content (AvgIpc) is 3.72. The lowest BCUT2D eigenvalue weighted by Crippen LogP contribution is -2.08. The van der Waals surface area contributed by atoms with E-state index in [1.54, 1.807) is 0 Å². The molecule has 3 aromatic heterocycles. The number of hydrogen-bond donors (Lipinski definition) is 0. The summed E-state index contributed by atoms with van der Waals surface area (Å²) in [6, 6.07) is 47.4. The molecule has 7 nitrogen and oxygen atoms in total. The van der Waals surface area contributed by atoms with Crippen molar-refractivity contribution >= 4 is 58.2 Å². The molecular formula is C49H35N7. The van der Waals surface area contributed by atoms with Gasteiger partial charge in [-0.1, -0.05) is 146 Å². The maximum atomic E-state index is 5.17. The number of para-hydroxylation sites is 2. The highest BCUT2D eigenvalue weighted by Crippen LogP contribution is 2.42. The standard InChI is InChI=1S/C49H35N7/c1-50-46(34-17-5-2-6-18-34)51-32-55-41-25-13-12-24-39(41)45-37-30-33(16-15-27-44(45)55)28-29-43-40(31-37)38-23-11-14-26-42(38)56(43)49-53-47(35-19-7-3-8-20-35)52-48(54-49)36-21-9-4-10-22-36/h2-29,31H,1,30,32H2/b16-15?,27-15?,29-28-,33-16-,33-28?,37-31+,40-31?,43-29?,44-27?,45-37?,51-46?. The first kappa shape index (κ1) is 33.1. The lowest BCUT2D eigenvalue weighted by atomic mass is 9.89. The molecule has 56 heavy (non-hydrogen) atoms. The van der Waals surface area contributed by atoms with Crippen LogP contribution in [-0.2, 0) is 6.67 Å². The Labute approximate surface area is 324 Å². The minimum atomic E-state index is 0.393. The molecule has 2 aliphatic carbocycles. The van der Waals surface area contributed by atoms with Crippen LogP contribution < -0.4 is 0 Å². The highest BCUT2D eigenvalue weighted by molar-refractivity contribution is 6.07. The van der Waals surface area contributed by atoms with E-state index in [1.165, 1.54) is 22.1 Å². The molecule has 0 saturated carbocycles. The van der Waals surface area contributed by atoms with Crippen LogP contribution >= 0.6 is 0 Å². The second-order valence-electron chi connectivity index (χ2n) is 13.8. The molecule has 2 aliphatic rings. The van der Waals surface area contributed by atoms with Crippen molar-refractivity contribution in [1.82, 2.24) is 24.1 Å². The predicted molar refractivity (Wildman–Crippen MR) is 231 cm³/mol. The summed E-state index contributed by atoms with van der Waals surface area (Å²) in [6.45, 7) is 4.24. The summed E-state index contributed by atoms with van der Waals surface area (Å²) in [7, 11) is 0. The predicted octanol–water partition coefficient (Wildman–Crippen LogP) is 11.1. The van der Waals surface area contributed by atoms with Gasteiger partial charge in [0.15, 0.2) is 17.5 Å². The van der Waals surface area contributed by atoms with Crippen LogP contribution in [0.4, 0.5) is 0 Å². The Bertz CT molecular complexity index is 2900. The minimum absolute atomic E-state index is 0.393. The van der Waals surface area contributed by atoms with Crippen LogP contribution in [0.2, 0.25) is 0 Å². The second kappa shape index (κ2) is 14.0. The van der Waals surface area contributed by atoms with Gasteiger partial charge in [0.1, 0.15) is 6.67 Å². The van der Waals surface area contributed by atoms with Crippen molar-refractivity contribution in [3.8, 4) is 28.7 Å². The van der Waals surface area contributed by atoms with E-state index in [0.717, 1.165) is 56.5 Å². The molecule has 2 bridgehead atoms. The zero-order valence-corrected chi connectivity index (χ0v) is 30.5. The van der Waals surface area contributed by atoms with Gasteiger partial charge >= 0.3 is 0 Å². The molecule has 10 rings (SSSR count). The summed E-state index contributed by atoms with van der Waals surface area (Å²) in [5, 5.41) is 2.29. The molecule has 0 N–H and O–H groups in total. The van der Waals surface area contributed by atoms with Gasteiger partial charge < -0.3 is 4.57 Å². The van der Waals surface area contributed by atoms with E-state index in [-0.39, 0.29) is 0 Å². The number of aromatic nitrogens is 5. The molecule has 3 heterocycles. The van der Waals surface area contributed by atoms with Gasteiger partial charge in [-0.2, -0.15) is 9.97 Å². The summed E-state index contributed by atoms with van der Waals surface area (Å²) in [4.78, 5) is 24.6. The highest BCUT2D eigenvalue weighted by atomic mass is 15.2. The maximum absolute atomic E-state index is 5.17. The number of benzene rings is 5. The van der Waals surface area contributed by atoms with Crippen LogP contribution in [0.25, 0.3) is 74.3 Å². The van der Waals surface area contributed by atoms with Gasteiger partial charge in [0.2, 0.25) is 5.95 Å². The Balaban J connectivity index is 1.20. The van der Waals surface area contributed by atoms with E-state index in [1.807, 2.05) is 91.0 Å². The number of allylic oxidation sites excluding steroid dienone is 5. The van der Waals surface area contributed by atoms with Crippen LogP contribution in [0, 0.1) is 0 Å². The summed E-state index contributed by atoms with van der Waals surface area (Å²) in [5.41, 5.74) is 11.7. The van der Waals surface area contributed by atoms with E-state index >= 15 is 0 Å². The van der Waals surface area contributed by atoms with Gasteiger partial charge in [0.05, 0.1) is 22.4 Å². The molecule has 7 heteroatoms. The number of fused-ring (bicyclic) bond motifs is 9. The molecule has 5 aromatic carbocycles. The number of nitrogens with zero attached hydrogens (tertiary/aromatic N) is 7. The quantitative estimate of drug-likeness (QED) is 0.127. The zero-order chi connectivity index (χ0) is 37.4. The van der Waals surface area contributed by atoms with E-state index in [9.17, 15) is 0 Å². The molecule has 0 spiro atoms. The first-order chi connectivity index (χ1) is 27.7. The van der Waals surface area contributed by atoms with Gasteiger partial charge in [-0.25, -0.2) is 15.0 Å². The van der Waals surface area contributed by atoms with Gasteiger partial charge in [-0.3, -0.25) is 4.57 Å². The van der Waals surface area contributed by atoms with Crippen LogP contribution in [0.15, 0.2) is 173 Å². The molecule has 0 atom stereocenters. The van der Waals surface area contributed by atoms with Crippen molar-refractivity contribution in [2.24, 2.45) is 9.98 Å². The van der Waals surface area contributed by atoms with E-state index < -0.39 is 0 Å². The Morgan fingerprint density at radius 3 is 1.95 bits per heavy atom. The third kappa shape index (κ3) is 5.83. The molecule has 0 amide bonds. The summed E-state index contributed by atoms with van der Waals surface area (Å²) >= 11 is 0. The third-order valence-corrected chi connectivity index (χ3v) is 10.4. The molecule has 8 aromatic rings. The first-order valence-electron chi connectivity index (χ1n) is 18.7. The van der Waals surface area contributed by atoms with Crippen LogP contribution in [-0.4, -0.2) is 36.6 Å². The van der Waals surface area contributed by atoms with Crippen molar-refractivity contribution in [3.63, 3.8) is 0 Å². The number of aliphatic imine (C=N–C) groups is 2. The lowest BCUT2D eigenvalue weighted by Gasteiger charge is -2.16. The van der Waals surface area contributed by atoms with Crippen molar-refractivity contribution in [2.75, 3.05) is 0 Å². The summed E-state index contributed by atoms with van der Waals surface area (Å²) in [6.07, 6.45) is 14.2. The van der Waals surface area contributed by atoms with Crippen molar-refractivity contribution in [3.05, 3.63) is 191 Å². The van der Waals surface area contributed by atoms with Crippen molar-refractivity contribution in [1.29, 1.82) is 0 Å². The first-order valence-corrected chi connectivity index (χ1v) is 18.7. The van der Waals surface area contributed by atoms with E-state index in [4.69, 9.17) is 19.9 Å². The van der Waals surface area contributed by atoms with Crippen molar-refractivity contribution in [2.45, 2.75) is 13.1 Å². The molecule has 0 radical (unpaired) electrons. The second-order valence-corrected chi connectivity index (χ2v) is 13.8. The number of amidine groups is 1. The molecule has 0 unspecified atom stereocenters. The van der Waals surface area contributed by atoms with E-state index in [0.29, 0.717) is 30.1 Å². The van der Waals surface area contributed by atoms with Crippen LogP contribution in [0.3, 0.4) is 0 Å². The number of rotatable bonds is 6. The maximum Gasteiger partial charge on any atom is 0.238 e. The topological polar surface area (TPSA) is 73.2 Å². The minimum Gasteiger partial charge on any atom is -0.320 e. The van der Waals surface area contributed by atoms with Gasteiger partial charge in [-0.15, -0.1) is 0 Å². The Morgan fingerprint density at radius 2 is 1.25 bits per heavy atom. The largest absolute Gasteiger partial charge is 0.320 e. The SMILES string of the molecule is C=NC(=NCn1c2c(c3ccccc31)/C1=C/c3c(n(-c4nc(-c5ccccc5)nc(-c5ccccc5)n4)c4ccccc34)/C=C\C(=C\C=C2)C1)c1ccccc1. The van der Waals surface area contributed by atoms with Gasteiger partial charge in [-0.05, 0) is 54.6 Å². The Kier molecular flexibility index (Phi) is 8.30. The fourth-order valence-electron chi connectivity index (χ4n) is 7.89. The molecular weight excluding hydrogens is 687 g/mol. The highest BCUT2D eigenvalue weighted by Gasteiger charge is 2.25. The van der Waals surface area contributed by atoms with Gasteiger partial charge in [0, 0.05) is 38.6 Å². The van der Waals surface area contributed by atoms with Gasteiger partial charge in [0.25, 0.3) is 0 Å². The number of hydrogen-bond acceptors (Lipinski definition) is 4. The van der Waals surface area contributed by atoms with Crippen LogP contribution in [0.1, 0.15) is 34.5 Å². The summed E-state index contributed by atoms with van der Waals surface area (Å²) in [5.74, 6) is 2.42. The van der Waals surface area contributed by atoms with Crippen molar-refractivity contribution < 1.29 is 0 Å². The monoisotopic (exact) mass is 721 g/mol. The average molecular weight is 722 g/mol. The lowest BCUT2D eigenvalue weighted by molar-refractivity contribution is 0.757. The molecule has 266 valence electrons. The normalized spacial score (nSPS) is 16.0. The molecule has 0 fully saturated rings. The summed E-state index contributed by atoms with van der Waals surface area (Å²) < 4.78 is 4.47. The Hall–Kier alpha value is -7.51. The van der Waals surface area contributed by atoms with Crippen LogP contribution in [0.5, 0.6) is 0 Å². The Morgan fingerprint density at radius 1 is 0.625 bits per heavy atom. The fourth-order valence-corrected chi connectivity index (χ4v) is 7.89.